The molecule has 0 bridgehead atoms. The van der Waals surface area contributed by atoms with Crippen molar-refractivity contribution in [3.05, 3.63) is 0 Å². The molecule has 0 saturated carbocycles. The molecule has 0 aromatic heterocycles. The summed E-state index contributed by atoms with van der Waals surface area (Å²) in [6.45, 7) is 6.28. The molecule has 2 atom stereocenters. The molecule has 5 heteroatoms. The van der Waals surface area contributed by atoms with Crippen molar-refractivity contribution in [1.82, 2.24) is 10.6 Å². The van der Waals surface area contributed by atoms with Crippen LogP contribution in [-0.2, 0) is 4.74 Å². The van der Waals surface area contributed by atoms with Crippen LogP contribution in [0.2, 0.25) is 0 Å². The maximum Gasteiger partial charge on any atom is 0.407 e. The van der Waals surface area contributed by atoms with E-state index in [4.69, 9.17) is 9.84 Å². The summed E-state index contributed by atoms with van der Waals surface area (Å²) in [7, 11) is 0. The van der Waals surface area contributed by atoms with Gasteiger partial charge in [0.15, 0.2) is 0 Å². The van der Waals surface area contributed by atoms with Gasteiger partial charge in [-0.05, 0) is 27.2 Å². The Morgan fingerprint density at radius 2 is 2.27 bits per heavy atom. The molecule has 1 aliphatic heterocycles. The van der Waals surface area contributed by atoms with Crippen LogP contribution in [-0.4, -0.2) is 42.0 Å². The second kappa shape index (κ2) is 4.81. The summed E-state index contributed by atoms with van der Waals surface area (Å²) in [6, 6.07) is 0.141. The van der Waals surface area contributed by atoms with Gasteiger partial charge in [0.25, 0.3) is 0 Å². The smallest absolute Gasteiger partial charge is 0.407 e. The summed E-state index contributed by atoms with van der Waals surface area (Å²) in [5, 5.41) is 14.8. The zero-order chi connectivity index (χ0) is 11.5. The predicted octanol–water partition coefficient (Wildman–Crippen LogP) is 0.234. The lowest BCUT2D eigenvalue weighted by Crippen LogP contribution is -2.40. The fourth-order valence-corrected chi connectivity index (χ4v) is 1.54. The van der Waals surface area contributed by atoms with Crippen molar-refractivity contribution in [1.29, 1.82) is 0 Å². The number of hydrogen-bond donors (Lipinski definition) is 3. The predicted molar refractivity (Wildman–Crippen MR) is 56.7 cm³/mol. The minimum atomic E-state index is -0.466. The number of alkyl carbamates (subject to hydrolysis) is 1. The molecule has 1 amide bonds. The molecule has 1 rings (SSSR count). The van der Waals surface area contributed by atoms with Crippen LogP contribution in [0.15, 0.2) is 0 Å². The molecular weight excluding hydrogens is 196 g/mol. The largest absolute Gasteiger partial charge is 0.444 e. The minimum Gasteiger partial charge on any atom is -0.444 e. The Morgan fingerprint density at radius 3 is 2.73 bits per heavy atom. The summed E-state index contributed by atoms with van der Waals surface area (Å²) in [5.74, 6) is 0. The first-order valence-electron chi connectivity index (χ1n) is 5.24. The molecule has 0 spiro atoms. The molecule has 0 unspecified atom stereocenters. The second-order valence-corrected chi connectivity index (χ2v) is 4.87. The quantitative estimate of drug-likeness (QED) is 0.618. The molecular formula is C10H20N2O3. The number of nitrogens with one attached hydrogen (secondary N) is 2. The molecule has 0 aromatic carbocycles. The maximum atomic E-state index is 11.4. The van der Waals surface area contributed by atoms with Crippen molar-refractivity contribution >= 4 is 6.09 Å². The third-order valence-corrected chi connectivity index (χ3v) is 2.16. The van der Waals surface area contributed by atoms with Gasteiger partial charge in [-0.2, -0.15) is 0 Å². The lowest BCUT2D eigenvalue weighted by atomic mass is 10.2. The number of hydrogen-bond acceptors (Lipinski definition) is 4. The van der Waals surface area contributed by atoms with Gasteiger partial charge in [-0.1, -0.05) is 0 Å². The summed E-state index contributed by atoms with van der Waals surface area (Å²) in [5.41, 5.74) is -0.466. The van der Waals surface area contributed by atoms with Gasteiger partial charge >= 0.3 is 6.09 Å². The van der Waals surface area contributed by atoms with E-state index in [-0.39, 0.29) is 18.7 Å². The van der Waals surface area contributed by atoms with Crippen LogP contribution >= 0.6 is 0 Å². The lowest BCUT2D eigenvalue weighted by molar-refractivity contribution is 0.0507. The minimum absolute atomic E-state index is 0.0528. The van der Waals surface area contributed by atoms with E-state index in [2.05, 4.69) is 10.6 Å². The molecule has 1 fully saturated rings. The van der Waals surface area contributed by atoms with Crippen LogP contribution in [0.3, 0.4) is 0 Å². The molecule has 0 aliphatic carbocycles. The Bertz CT molecular complexity index is 225. The number of carbonyl (C=O) groups excluding carboxylic acids is 1. The summed E-state index contributed by atoms with van der Waals surface area (Å²) >= 11 is 0. The van der Waals surface area contributed by atoms with Gasteiger partial charge in [-0.25, -0.2) is 4.79 Å². The van der Waals surface area contributed by atoms with E-state index in [0.717, 1.165) is 6.42 Å². The molecule has 88 valence electrons. The van der Waals surface area contributed by atoms with Crippen LogP contribution < -0.4 is 10.6 Å². The van der Waals surface area contributed by atoms with Crippen molar-refractivity contribution in [3.8, 4) is 0 Å². The van der Waals surface area contributed by atoms with E-state index in [1.807, 2.05) is 20.8 Å². The zero-order valence-electron chi connectivity index (χ0n) is 9.54. The standard InChI is InChI=1S/C10H20N2O3/c1-10(2,3)15-9(14)12-7-4-8(6-13)11-5-7/h7-8,11,13H,4-6H2,1-3H3,(H,12,14)/t7-,8-/m1/s1. The van der Waals surface area contributed by atoms with E-state index in [1.165, 1.54) is 0 Å². The zero-order valence-corrected chi connectivity index (χ0v) is 9.54. The summed E-state index contributed by atoms with van der Waals surface area (Å²) < 4.78 is 5.13. The van der Waals surface area contributed by atoms with E-state index in [1.54, 1.807) is 0 Å². The van der Waals surface area contributed by atoms with Crippen LogP contribution in [0.25, 0.3) is 0 Å². The molecule has 3 N–H and O–H groups in total. The fraction of sp³-hybridized carbons (Fsp3) is 0.900. The third kappa shape index (κ3) is 4.48. The van der Waals surface area contributed by atoms with Crippen molar-refractivity contribution in [2.45, 2.75) is 44.9 Å². The van der Waals surface area contributed by atoms with Gasteiger partial charge in [0.1, 0.15) is 5.60 Å². The van der Waals surface area contributed by atoms with Crippen LogP contribution in [0.5, 0.6) is 0 Å². The fourth-order valence-electron chi connectivity index (χ4n) is 1.54. The lowest BCUT2D eigenvalue weighted by Gasteiger charge is -2.21. The van der Waals surface area contributed by atoms with Crippen molar-refractivity contribution in [3.63, 3.8) is 0 Å². The first kappa shape index (κ1) is 12.3. The number of rotatable bonds is 2. The first-order valence-corrected chi connectivity index (χ1v) is 5.24. The Morgan fingerprint density at radius 1 is 1.60 bits per heavy atom. The van der Waals surface area contributed by atoms with Crippen molar-refractivity contribution in [2.75, 3.05) is 13.2 Å². The number of aliphatic hydroxyl groups is 1. The van der Waals surface area contributed by atoms with Crippen LogP contribution in [0, 0.1) is 0 Å². The number of carbonyl (C=O) groups is 1. The highest BCUT2D eigenvalue weighted by molar-refractivity contribution is 5.68. The average Bonchev–Trinajstić information content (AvgIpc) is 2.48. The van der Waals surface area contributed by atoms with Gasteiger partial charge < -0.3 is 20.5 Å². The maximum absolute atomic E-state index is 11.4. The van der Waals surface area contributed by atoms with E-state index >= 15 is 0 Å². The molecule has 0 radical (unpaired) electrons. The molecule has 5 nitrogen and oxygen atoms in total. The van der Waals surface area contributed by atoms with Gasteiger partial charge in [-0.15, -0.1) is 0 Å². The molecule has 1 aliphatic rings. The molecule has 0 aromatic rings. The average molecular weight is 216 g/mol. The van der Waals surface area contributed by atoms with Gasteiger partial charge in [0.05, 0.1) is 6.61 Å². The highest BCUT2D eigenvalue weighted by atomic mass is 16.6. The second-order valence-electron chi connectivity index (χ2n) is 4.87. The number of ether oxygens (including phenoxy) is 1. The van der Waals surface area contributed by atoms with Crippen molar-refractivity contribution in [2.24, 2.45) is 0 Å². The van der Waals surface area contributed by atoms with Crippen LogP contribution in [0.4, 0.5) is 4.79 Å². The molecule has 1 heterocycles. The van der Waals surface area contributed by atoms with Gasteiger partial charge in [-0.3, -0.25) is 0 Å². The van der Waals surface area contributed by atoms with Gasteiger partial charge in [0, 0.05) is 18.6 Å². The first-order chi connectivity index (χ1) is 6.90. The molecule has 1 saturated heterocycles. The Labute approximate surface area is 90.2 Å². The van der Waals surface area contributed by atoms with Gasteiger partial charge in [0.2, 0.25) is 0 Å². The van der Waals surface area contributed by atoms with E-state index in [0.29, 0.717) is 6.54 Å². The van der Waals surface area contributed by atoms with E-state index < -0.39 is 11.7 Å². The SMILES string of the molecule is CC(C)(C)OC(=O)N[C@H]1CN[C@@H](CO)C1. The monoisotopic (exact) mass is 216 g/mol. The normalized spacial score (nSPS) is 26.4. The Balaban J connectivity index is 2.28. The highest BCUT2D eigenvalue weighted by Gasteiger charge is 2.26. The third-order valence-electron chi connectivity index (χ3n) is 2.16. The number of aliphatic hydroxyl groups excluding tert-OH is 1. The number of amides is 1. The highest BCUT2D eigenvalue weighted by Crippen LogP contribution is 2.09. The Hall–Kier alpha value is -0.810. The van der Waals surface area contributed by atoms with Crippen molar-refractivity contribution < 1.29 is 14.6 Å². The summed E-state index contributed by atoms with van der Waals surface area (Å²) in [4.78, 5) is 11.4. The Kier molecular flexibility index (Phi) is 3.93. The summed E-state index contributed by atoms with van der Waals surface area (Å²) in [6.07, 6.45) is 0.350. The molecule has 15 heavy (non-hydrogen) atoms. The van der Waals surface area contributed by atoms with Crippen LogP contribution in [0.1, 0.15) is 27.2 Å². The topological polar surface area (TPSA) is 70.6 Å². The van der Waals surface area contributed by atoms with E-state index in [9.17, 15) is 4.79 Å².